The third-order valence-corrected chi connectivity index (χ3v) is 2.67. The Labute approximate surface area is 89.2 Å². The summed E-state index contributed by atoms with van der Waals surface area (Å²) in [4.78, 5) is 7.74. The zero-order chi connectivity index (χ0) is 11.1. The first-order valence-electron chi connectivity index (χ1n) is 5.11. The summed E-state index contributed by atoms with van der Waals surface area (Å²) < 4.78 is 0. The molecule has 3 heteroatoms. The standard InChI is InChI=1S/C12H16N2O/c1-8-4-5-9-10(6-8)14-11(13-9)12(2,3)7-15/h4-6,15H,7H2,1-3H3,(H,13,14). The fourth-order valence-electron chi connectivity index (χ4n) is 1.52. The molecule has 15 heavy (non-hydrogen) atoms. The smallest absolute Gasteiger partial charge is 0.115 e. The van der Waals surface area contributed by atoms with E-state index in [1.165, 1.54) is 5.56 Å². The normalized spacial score (nSPS) is 12.3. The second kappa shape index (κ2) is 3.35. The van der Waals surface area contributed by atoms with Crippen LogP contribution in [-0.2, 0) is 5.41 Å². The summed E-state index contributed by atoms with van der Waals surface area (Å²) >= 11 is 0. The molecule has 0 aliphatic rings. The summed E-state index contributed by atoms with van der Waals surface area (Å²) in [5.41, 5.74) is 2.88. The van der Waals surface area contributed by atoms with Crippen molar-refractivity contribution in [3.8, 4) is 0 Å². The molecule has 2 N–H and O–H groups in total. The average molecular weight is 204 g/mol. The molecular weight excluding hydrogens is 188 g/mol. The van der Waals surface area contributed by atoms with Gasteiger partial charge in [-0.25, -0.2) is 4.98 Å². The summed E-state index contributed by atoms with van der Waals surface area (Å²) in [7, 11) is 0. The number of aromatic nitrogens is 2. The Balaban J connectivity index is 2.56. The van der Waals surface area contributed by atoms with Crippen LogP contribution < -0.4 is 0 Å². The van der Waals surface area contributed by atoms with Gasteiger partial charge in [-0.3, -0.25) is 0 Å². The number of aromatic amines is 1. The van der Waals surface area contributed by atoms with Gasteiger partial charge >= 0.3 is 0 Å². The minimum absolute atomic E-state index is 0.0891. The van der Waals surface area contributed by atoms with Crippen molar-refractivity contribution in [3.63, 3.8) is 0 Å². The van der Waals surface area contributed by atoms with Crippen LogP contribution >= 0.6 is 0 Å². The van der Waals surface area contributed by atoms with Gasteiger partial charge in [0.05, 0.1) is 17.6 Å². The van der Waals surface area contributed by atoms with Crippen LogP contribution in [0.1, 0.15) is 25.2 Å². The summed E-state index contributed by atoms with van der Waals surface area (Å²) in [5.74, 6) is 0.839. The fraction of sp³-hybridized carbons (Fsp3) is 0.417. The van der Waals surface area contributed by atoms with Crippen molar-refractivity contribution in [1.29, 1.82) is 0 Å². The van der Waals surface area contributed by atoms with Crippen molar-refractivity contribution >= 4 is 11.0 Å². The third-order valence-electron chi connectivity index (χ3n) is 2.67. The Morgan fingerprint density at radius 3 is 2.80 bits per heavy atom. The van der Waals surface area contributed by atoms with E-state index in [0.717, 1.165) is 16.9 Å². The van der Waals surface area contributed by atoms with Crippen LogP contribution in [0, 0.1) is 6.92 Å². The number of nitrogens with one attached hydrogen (secondary N) is 1. The first-order chi connectivity index (χ1) is 7.03. The molecule has 0 saturated carbocycles. The molecule has 80 valence electrons. The Kier molecular flexibility index (Phi) is 2.27. The fourth-order valence-corrected chi connectivity index (χ4v) is 1.52. The molecule has 2 rings (SSSR count). The van der Waals surface area contributed by atoms with Gasteiger partial charge in [0.2, 0.25) is 0 Å². The first kappa shape index (κ1) is 10.2. The number of aliphatic hydroxyl groups is 1. The number of rotatable bonds is 2. The lowest BCUT2D eigenvalue weighted by molar-refractivity contribution is 0.213. The molecule has 0 unspecified atom stereocenters. The lowest BCUT2D eigenvalue weighted by Crippen LogP contribution is -2.23. The molecule has 0 atom stereocenters. The predicted molar refractivity (Wildman–Crippen MR) is 60.9 cm³/mol. The highest BCUT2D eigenvalue weighted by Gasteiger charge is 2.23. The van der Waals surface area contributed by atoms with Crippen LogP contribution in [0.2, 0.25) is 0 Å². The molecule has 3 nitrogen and oxygen atoms in total. The number of hydrogen-bond donors (Lipinski definition) is 2. The highest BCUT2D eigenvalue weighted by Crippen LogP contribution is 2.22. The van der Waals surface area contributed by atoms with E-state index in [2.05, 4.69) is 23.0 Å². The molecule has 1 aromatic heterocycles. The van der Waals surface area contributed by atoms with Crippen molar-refractivity contribution in [2.24, 2.45) is 0 Å². The highest BCUT2D eigenvalue weighted by molar-refractivity contribution is 5.76. The first-order valence-corrected chi connectivity index (χ1v) is 5.11. The number of nitrogens with zero attached hydrogens (tertiary/aromatic N) is 1. The Hall–Kier alpha value is -1.35. The summed E-state index contributed by atoms with van der Waals surface area (Å²) in [6.45, 7) is 6.08. The Morgan fingerprint density at radius 2 is 2.13 bits per heavy atom. The van der Waals surface area contributed by atoms with Gasteiger partial charge in [0.1, 0.15) is 5.82 Å². The van der Waals surface area contributed by atoms with E-state index in [1.807, 2.05) is 26.0 Å². The maximum absolute atomic E-state index is 9.27. The molecule has 1 aromatic carbocycles. The molecule has 0 bridgehead atoms. The van der Waals surface area contributed by atoms with E-state index in [4.69, 9.17) is 0 Å². The van der Waals surface area contributed by atoms with Crippen molar-refractivity contribution < 1.29 is 5.11 Å². The molecule has 0 amide bonds. The molecule has 1 heterocycles. The average Bonchev–Trinajstić information content (AvgIpc) is 2.61. The van der Waals surface area contributed by atoms with Gasteiger partial charge in [-0.05, 0) is 24.6 Å². The van der Waals surface area contributed by atoms with Crippen molar-refractivity contribution in [2.45, 2.75) is 26.2 Å². The molecule has 0 radical (unpaired) electrons. The van der Waals surface area contributed by atoms with Gasteiger partial charge < -0.3 is 10.1 Å². The van der Waals surface area contributed by atoms with E-state index < -0.39 is 0 Å². The minimum atomic E-state index is -0.313. The van der Waals surface area contributed by atoms with Gasteiger partial charge in [0.15, 0.2) is 0 Å². The second-order valence-electron chi connectivity index (χ2n) is 4.65. The summed E-state index contributed by atoms with van der Waals surface area (Å²) in [5, 5.41) is 9.27. The number of imidazole rings is 1. The van der Waals surface area contributed by atoms with Gasteiger partial charge in [-0.2, -0.15) is 0 Å². The molecule has 0 saturated heterocycles. The van der Waals surface area contributed by atoms with E-state index in [9.17, 15) is 5.11 Å². The number of aryl methyl sites for hydroxylation is 1. The lowest BCUT2D eigenvalue weighted by atomic mass is 9.94. The SMILES string of the molecule is Cc1ccc2nc(C(C)(C)CO)[nH]c2c1. The summed E-state index contributed by atoms with van der Waals surface area (Å²) in [6, 6.07) is 6.11. The number of hydrogen-bond acceptors (Lipinski definition) is 2. The van der Waals surface area contributed by atoms with E-state index >= 15 is 0 Å². The van der Waals surface area contributed by atoms with Gasteiger partial charge in [-0.1, -0.05) is 19.9 Å². The Morgan fingerprint density at radius 1 is 1.40 bits per heavy atom. The zero-order valence-electron chi connectivity index (χ0n) is 9.33. The molecule has 0 aliphatic heterocycles. The van der Waals surface area contributed by atoms with Crippen molar-refractivity contribution in [3.05, 3.63) is 29.6 Å². The van der Waals surface area contributed by atoms with E-state index in [-0.39, 0.29) is 12.0 Å². The third kappa shape index (κ3) is 1.75. The van der Waals surface area contributed by atoms with E-state index in [1.54, 1.807) is 0 Å². The van der Waals surface area contributed by atoms with Gasteiger partial charge in [0.25, 0.3) is 0 Å². The molecule has 2 aromatic rings. The number of aliphatic hydroxyl groups excluding tert-OH is 1. The lowest BCUT2D eigenvalue weighted by Gasteiger charge is -2.17. The van der Waals surface area contributed by atoms with Crippen LogP contribution in [0.5, 0.6) is 0 Å². The molecule has 0 fully saturated rings. The molecule has 0 spiro atoms. The number of fused-ring (bicyclic) bond motifs is 1. The maximum Gasteiger partial charge on any atom is 0.115 e. The van der Waals surface area contributed by atoms with Crippen LogP contribution in [0.25, 0.3) is 11.0 Å². The maximum atomic E-state index is 9.27. The van der Waals surface area contributed by atoms with Crippen molar-refractivity contribution in [1.82, 2.24) is 9.97 Å². The van der Waals surface area contributed by atoms with E-state index in [0.29, 0.717) is 0 Å². The quantitative estimate of drug-likeness (QED) is 0.787. The Bertz CT molecular complexity index is 485. The molecule has 0 aliphatic carbocycles. The topological polar surface area (TPSA) is 48.9 Å². The largest absolute Gasteiger partial charge is 0.395 e. The number of benzene rings is 1. The van der Waals surface area contributed by atoms with Crippen LogP contribution in [0.3, 0.4) is 0 Å². The van der Waals surface area contributed by atoms with Crippen LogP contribution in [0.4, 0.5) is 0 Å². The van der Waals surface area contributed by atoms with Crippen LogP contribution in [0.15, 0.2) is 18.2 Å². The zero-order valence-corrected chi connectivity index (χ0v) is 9.33. The predicted octanol–water partition coefficient (Wildman–Crippen LogP) is 2.14. The van der Waals surface area contributed by atoms with Gasteiger partial charge in [0, 0.05) is 5.41 Å². The van der Waals surface area contributed by atoms with Gasteiger partial charge in [-0.15, -0.1) is 0 Å². The second-order valence-corrected chi connectivity index (χ2v) is 4.65. The van der Waals surface area contributed by atoms with Crippen LogP contribution in [-0.4, -0.2) is 21.7 Å². The number of H-pyrrole nitrogens is 1. The monoisotopic (exact) mass is 204 g/mol. The molecular formula is C12H16N2O. The summed E-state index contributed by atoms with van der Waals surface area (Å²) in [6.07, 6.45) is 0. The highest BCUT2D eigenvalue weighted by atomic mass is 16.3. The minimum Gasteiger partial charge on any atom is -0.395 e. The van der Waals surface area contributed by atoms with Crippen molar-refractivity contribution in [2.75, 3.05) is 6.61 Å².